The molecular formula is C49H79NO3. The molecule has 0 fully saturated rings. The fourth-order valence-electron chi connectivity index (χ4n) is 5.43. The molecule has 2 atom stereocenters. The molecular weight excluding hydrogens is 651 g/mol. The largest absolute Gasteiger partial charge is 0.394 e. The molecule has 0 radical (unpaired) electrons. The van der Waals surface area contributed by atoms with Crippen LogP contribution in [0.3, 0.4) is 0 Å². The molecule has 0 bridgehead atoms. The predicted octanol–water partition coefficient (Wildman–Crippen LogP) is 13.4. The third kappa shape index (κ3) is 39.8. The van der Waals surface area contributed by atoms with Crippen LogP contribution in [0, 0.1) is 0 Å². The van der Waals surface area contributed by atoms with Crippen molar-refractivity contribution in [1.82, 2.24) is 5.32 Å². The maximum atomic E-state index is 12.4. The van der Waals surface area contributed by atoms with Crippen molar-refractivity contribution in [2.24, 2.45) is 0 Å². The summed E-state index contributed by atoms with van der Waals surface area (Å²) in [6.07, 6.45) is 67.3. The van der Waals surface area contributed by atoms with Gasteiger partial charge in [-0.2, -0.15) is 0 Å². The number of rotatable bonds is 36. The Kier molecular flexibility index (Phi) is 40.6. The molecule has 0 aromatic heterocycles. The van der Waals surface area contributed by atoms with Crippen LogP contribution in [0.5, 0.6) is 0 Å². The first kappa shape index (κ1) is 49.8. The highest BCUT2D eigenvalue weighted by Crippen LogP contribution is 2.10. The molecule has 4 nitrogen and oxygen atoms in total. The van der Waals surface area contributed by atoms with Crippen molar-refractivity contribution in [2.45, 2.75) is 174 Å². The molecule has 0 rings (SSSR count). The van der Waals surface area contributed by atoms with Crippen LogP contribution in [0.25, 0.3) is 0 Å². The summed E-state index contributed by atoms with van der Waals surface area (Å²) in [7, 11) is 0. The summed E-state index contributed by atoms with van der Waals surface area (Å²) in [4.78, 5) is 12.4. The minimum atomic E-state index is -0.902. The van der Waals surface area contributed by atoms with E-state index in [-0.39, 0.29) is 12.5 Å². The molecule has 0 saturated carbocycles. The quantitative estimate of drug-likeness (QED) is 0.0444. The van der Waals surface area contributed by atoms with Crippen LogP contribution in [0.1, 0.15) is 162 Å². The molecule has 0 aliphatic carbocycles. The van der Waals surface area contributed by atoms with Gasteiger partial charge >= 0.3 is 0 Å². The Balaban J connectivity index is 3.85. The molecule has 2 unspecified atom stereocenters. The van der Waals surface area contributed by atoms with E-state index in [1.54, 1.807) is 6.08 Å². The number of nitrogens with one attached hydrogen (secondary N) is 1. The molecule has 3 N–H and O–H groups in total. The summed E-state index contributed by atoms with van der Waals surface area (Å²) in [6, 6.07) is -0.685. The van der Waals surface area contributed by atoms with Crippen molar-refractivity contribution in [1.29, 1.82) is 0 Å². The van der Waals surface area contributed by atoms with E-state index in [1.165, 1.54) is 57.8 Å². The molecule has 0 aliphatic heterocycles. The van der Waals surface area contributed by atoms with Gasteiger partial charge in [0.1, 0.15) is 0 Å². The lowest BCUT2D eigenvalue weighted by Gasteiger charge is -2.19. The minimum absolute atomic E-state index is 0.142. The predicted molar refractivity (Wildman–Crippen MR) is 234 cm³/mol. The van der Waals surface area contributed by atoms with Crippen LogP contribution in [-0.2, 0) is 4.79 Å². The summed E-state index contributed by atoms with van der Waals surface area (Å²) in [5.74, 6) is -0.142. The van der Waals surface area contributed by atoms with Crippen molar-refractivity contribution < 1.29 is 15.0 Å². The molecule has 0 spiro atoms. The highest BCUT2D eigenvalue weighted by atomic mass is 16.3. The number of carbonyl (C=O) groups is 1. The van der Waals surface area contributed by atoms with E-state index in [9.17, 15) is 15.0 Å². The number of allylic oxidation sites excluding steroid dienone is 19. The number of carbonyl (C=O) groups excluding carboxylic acids is 1. The van der Waals surface area contributed by atoms with Gasteiger partial charge in [0.05, 0.1) is 18.8 Å². The van der Waals surface area contributed by atoms with E-state index in [0.717, 1.165) is 83.5 Å². The number of aliphatic hydroxyl groups excluding tert-OH is 2. The summed E-state index contributed by atoms with van der Waals surface area (Å²) < 4.78 is 0. The third-order valence-corrected chi connectivity index (χ3v) is 8.66. The van der Waals surface area contributed by atoms with Gasteiger partial charge in [0.2, 0.25) is 5.91 Å². The number of aliphatic hydroxyl groups is 2. The first-order chi connectivity index (χ1) is 26.2. The summed E-state index contributed by atoms with van der Waals surface area (Å²) in [5.41, 5.74) is 0. The van der Waals surface area contributed by atoms with E-state index in [1.807, 2.05) is 6.08 Å². The van der Waals surface area contributed by atoms with Crippen LogP contribution in [0.2, 0.25) is 0 Å². The van der Waals surface area contributed by atoms with E-state index >= 15 is 0 Å². The monoisotopic (exact) mass is 730 g/mol. The van der Waals surface area contributed by atoms with E-state index < -0.39 is 12.1 Å². The van der Waals surface area contributed by atoms with E-state index in [2.05, 4.69) is 129 Å². The second-order valence-corrected chi connectivity index (χ2v) is 13.7. The second kappa shape index (κ2) is 43.2. The Morgan fingerprint density at radius 1 is 0.472 bits per heavy atom. The summed E-state index contributed by atoms with van der Waals surface area (Å²) >= 11 is 0. The normalized spacial score (nSPS) is 14.3. The van der Waals surface area contributed by atoms with Crippen LogP contribution in [-0.4, -0.2) is 34.9 Å². The van der Waals surface area contributed by atoms with Crippen molar-refractivity contribution >= 4 is 5.91 Å². The zero-order chi connectivity index (χ0) is 38.6. The van der Waals surface area contributed by atoms with Gasteiger partial charge in [0.25, 0.3) is 0 Å². The Hall–Kier alpha value is -3.21. The summed E-state index contributed by atoms with van der Waals surface area (Å²) in [5, 5.41) is 22.9. The van der Waals surface area contributed by atoms with Crippen LogP contribution in [0.4, 0.5) is 0 Å². The van der Waals surface area contributed by atoms with Gasteiger partial charge in [-0.1, -0.05) is 180 Å². The minimum Gasteiger partial charge on any atom is -0.394 e. The Bertz CT molecular complexity index is 1100. The van der Waals surface area contributed by atoms with Crippen molar-refractivity contribution in [3.63, 3.8) is 0 Å². The van der Waals surface area contributed by atoms with Crippen LogP contribution in [0.15, 0.2) is 122 Å². The SMILES string of the molecule is CC/C=C\C/C=C\C/C=C\C/C=C\C/C=C\C/C=C\C/C=C\CCCC(=O)NC(CO)C(O)/C=C/CC/C=C/CC/C=C/CCCCCCCCCC. The molecule has 0 saturated heterocycles. The van der Waals surface area contributed by atoms with Gasteiger partial charge in [-0.15, -0.1) is 0 Å². The molecule has 0 aliphatic rings. The van der Waals surface area contributed by atoms with E-state index in [4.69, 9.17) is 0 Å². The number of hydrogen-bond donors (Lipinski definition) is 3. The average Bonchev–Trinajstić information content (AvgIpc) is 3.16. The third-order valence-electron chi connectivity index (χ3n) is 8.66. The average molecular weight is 730 g/mol. The van der Waals surface area contributed by atoms with Gasteiger partial charge in [0.15, 0.2) is 0 Å². The van der Waals surface area contributed by atoms with Gasteiger partial charge in [0, 0.05) is 6.42 Å². The van der Waals surface area contributed by atoms with Gasteiger partial charge in [-0.25, -0.2) is 0 Å². The Labute approximate surface area is 327 Å². The Morgan fingerprint density at radius 3 is 1.32 bits per heavy atom. The number of unbranched alkanes of at least 4 members (excludes halogenated alkanes) is 11. The molecule has 0 aromatic rings. The smallest absolute Gasteiger partial charge is 0.220 e. The van der Waals surface area contributed by atoms with Gasteiger partial charge < -0.3 is 15.5 Å². The molecule has 298 valence electrons. The highest BCUT2D eigenvalue weighted by molar-refractivity contribution is 5.76. The van der Waals surface area contributed by atoms with Crippen LogP contribution < -0.4 is 5.32 Å². The fraction of sp³-hybridized carbons (Fsp3) is 0.571. The standard InChI is InChI=1S/C49H79NO3/c1-3-5-7-9-11-13-15-17-19-21-23-24-25-26-27-29-31-33-35-37-39-41-43-45-49(53)50-47(46-51)48(52)44-42-40-38-36-34-32-30-28-22-20-18-16-14-12-10-8-6-4-2/h5,7,11,13,17,19,22-24,26-28,31,33-34,36-37,39,42,44,47-48,51-52H,3-4,6,8-10,12,14-16,18,20-21,25,29-30,32,35,38,40-41,43,45-46H2,1-2H3,(H,50,53)/b7-5-,13-11-,19-17-,24-23-,27-26-,28-22+,33-31-,36-34+,39-37-,44-42+. The van der Waals surface area contributed by atoms with Crippen molar-refractivity contribution in [3.05, 3.63) is 122 Å². The molecule has 4 heteroatoms. The zero-order valence-corrected chi connectivity index (χ0v) is 34.0. The van der Waals surface area contributed by atoms with Crippen LogP contribution >= 0.6 is 0 Å². The van der Waals surface area contributed by atoms with Crippen molar-refractivity contribution in [3.8, 4) is 0 Å². The van der Waals surface area contributed by atoms with E-state index in [0.29, 0.717) is 6.42 Å². The lowest BCUT2D eigenvalue weighted by Crippen LogP contribution is -2.45. The lowest BCUT2D eigenvalue weighted by molar-refractivity contribution is -0.122. The topological polar surface area (TPSA) is 69.6 Å². The highest BCUT2D eigenvalue weighted by Gasteiger charge is 2.17. The number of amides is 1. The zero-order valence-electron chi connectivity index (χ0n) is 34.0. The lowest BCUT2D eigenvalue weighted by atomic mass is 10.1. The van der Waals surface area contributed by atoms with Gasteiger partial charge in [-0.3, -0.25) is 4.79 Å². The number of hydrogen-bond acceptors (Lipinski definition) is 3. The maximum Gasteiger partial charge on any atom is 0.220 e. The summed E-state index contributed by atoms with van der Waals surface area (Å²) in [6.45, 7) is 4.13. The van der Waals surface area contributed by atoms with Gasteiger partial charge in [-0.05, 0) is 96.3 Å². The molecule has 0 aromatic carbocycles. The Morgan fingerprint density at radius 2 is 0.849 bits per heavy atom. The maximum absolute atomic E-state index is 12.4. The molecule has 1 amide bonds. The van der Waals surface area contributed by atoms with Crippen molar-refractivity contribution in [2.75, 3.05) is 6.61 Å². The first-order valence-electron chi connectivity index (χ1n) is 21.2. The first-order valence-corrected chi connectivity index (χ1v) is 21.2. The second-order valence-electron chi connectivity index (χ2n) is 13.7. The molecule has 53 heavy (non-hydrogen) atoms. The molecule has 0 heterocycles. The fourth-order valence-corrected chi connectivity index (χ4v) is 5.43.